The monoisotopic (exact) mass is 447 g/mol. The molecule has 33 heavy (non-hydrogen) atoms. The number of methoxy groups -OCH3 is 1. The van der Waals surface area contributed by atoms with Crippen LogP contribution in [0.2, 0.25) is 0 Å². The molecule has 0 aliphatic carbocycles. The molecule has 3 rings (SSSR count). The summed E-state index contributed by atoms with van der Waals surface area (Å²) < 4.78 is 6.98. The van der Waals surface area contributed by atoms with Crippen LogP contribution < -0.4 is 10.9 Å². The number of pyridine rings is 1. The molecule has 172 valence electrons. The van der Waals surface area contributed by atoms with Crippen LogP contribution in [0.5, 0.6) is 0 Å². The van der Waals surface area contributed by atoms with Crippen LogP contribution in [-0.2, 0) is 17.8 Å². The number of nitrogens with one attached hydrogen (secondary N) is 2. The first-order valence-electron chi connectivity index (χ1n) is 10.7. The average Bonchev–Trinajstić information content (AvgIpc) is 2.84. The highest BCUT2D eigenvalue weighted by Crippen LogP contribution is 2.18. The quantitative estimate of drug-likeness (QED) is 0.324. The molecule has 0 aliphatic rings. The van der Waals surface area contributed by atoms with Crippen molar-refractivity contribution >= 4 is 11.5 Å². The van der Waals surface area contributed by atoms with Gasteiger partial charge in [0.15, 0.2) is 0 Å². The molecule has 3 N–H and O–H groups in total. The van der Waals surface area contributed by atoms with Crippen molar-refractivity contribution in [2.45, 2.75) is 32.5 Å². The molecule has 1 aromatic carbocycles. The molecule has 0 bridgehead atoms. The number of nitrogens with zero attached hydrogens (tertiary/aromatic N) is 3. The van der Waals surface area contributed by atoms with Gasteiger partial charge < -0.3 is 25.1 Å². The molecule has 0 fully saturated rings. The van der Waals surface area contributed by atoms with Crippen LogP contribution in [0.3, 0.4) is 0 Å². The SMILES string of the molecule is CCC(Cn1cc(-c2cncc(/C(O)=C/C(=N)c3ccc(CNC)cc3)n2)ccc1=O)OC. The Kier molecular flexibility index (Phi) is 8.23. The molecule has 0 saturated heterocycles. The minimum absolute atomic E-state index is 0.0688. The van der Waals surface area contributed by atoms with Gasteiger partial charge in [0, 0.05) is 37.6 Å². The molecule has 1 unspecified atom stereocenters. The summed E-state index contributed by atoms with van der Waals surface area (Å²) in [5.74, 6) is -0.160. The molecule has 8 heteroatoms. The van der Waals surface area contributed by atoms with Gasteiger partial charge in [-0.15, -0.1) is 0 Å². The number of benzene rings is 1. The Morgan fingerprint density at radius 1 is 1.24 bits per heavy atom. The number of aromatic nitrogens is 3. The smallest absolute Gasteiger partial charge is 0.250 e. The second-order valence-corrected chi connectivity index (χ2v) is 7.63. The van der Waals surface area contributed by atoms with E-state index in [9.17, 15) is 9.90 Å². The number of aliphatic hydroxyl groups excluding tert-OH is 1. The van der Waals surface area contributed by atoms with Crippen LogP contribution in [0.1, 0.15) is 30.2 Å². The molecule has 0 radical (unpaired) electrons. The molecule has 0 spiro atoms. The predicted octanol–water partition coefficient (Wildman–Crippen LogP) is 3.42. The Hall–Kier alpha value is -3.62. The van der Waals surface area contributed by atoms with Crippen molar-refractivity contribution in [3.8, 4) is 11.3 Å². The van der Waals surface area contributed by atoms with Crippen LogP contribution >= 0.6 is 0 Å². The fourth-order valence-electron chi connectivity index (χ4n) is 3.34. The van der Waals surface area contributed by atoms with Gasteiger partial charge in [-0.05, 0) is 30.7 Å². The maximum Gasteiger partial charge on any atom is 0.250 e. The highest BCUT2D eigenvalue weighted by molar-refractivity contribution is 6.09. The number of rotatable bonds is 10. The third-order valence-electron chi connectivity index (χ3n) is 5.29. The zero-order chi connectivity index (χ0) is 23.8. The van der Waals surface area contributed by atoms with Crippen molar-refractivity contribution in [2.75, 3.05) is 14.2 Å². The van der Waals surface area contributed by atoms with E-state index in [0.29, 0.717) is 23.4 Å². The molecule has 0 saturated carbocycles. The van der Waals surface area contributed by atoms with E-state index < -0.39 is 0 Å². The summed E-state index contributed by atoms with van der Waals surface area (Å²) in [6, 6.07) is 10.7. The van der Waals surface area contributed by atoms with E-state index in [4.69, 9.17) is 10.1 Å². The Balaban J connectivity index is 1.84. The van der Waals surface area contributed by atoms with E-state index in [1.807, 2.05) is 38.2 Å². The van der Waals surface area contributed by atoms with Gasteiger partial charge in [-0.2, -0.15) is 0 Å². The van der Waals surface area contributed by atoms with Gasteiger partial charge in [-0.3, -0.25) is 9.78 Å². The highest BCUT2D eigenvalue weighted by Gasteiger charge is 2.11. The van der Waals surface area contributed by atoms with Crippen LogP contribution in [0.4, 0.5) is 0 Å². The standard InChI is InChI=1S/C25H29N5O3/c1-4-20(33-3)16-30-15-19(9-10-25(30)32)22-13-28-14-23(29-22)24(31)11-21(26)18-7-5-17(6-8-18)12-27-2/h5-11,13-15,20,26-27,31H,4,12,16H2,1-3H3/b24-11-,26-21?. The molecule has 1 atom stereocenters. The van der Waals surface area contributed by atoms with Gasteiger partial charge in [-0.1, -0.05) is 31.2 Å². The average molecular weight is 448 g/mol. The molecule has 3 aromatic rings. The third kappa shape index (κ3) is 6.21. The lowest BCUT2D eigenvalue weighted by Crippen LogP contribution is -2.26. The summed E-state index contributed by atoms with van der Waals surface area (Å²) in [7, 11) is 3.50. The van der Waals surface area contributed by atoms with Gasteiger partial charge in [0.2, 0.25) is 0 Å². The molecular weight excluding hydrogens is 418 g/mol. The van der Waals surface area contributed by atoms with E-state index in [2.05, 4.69) is 15.3 Å². The van der Waals surface area contributed by atoms with Crippen molar-refractivity contribution in [3.05, 3.63) is 88.2 Å². The van der Waals surface area contributed by atoms with E-state index in [-0.39, 0.29) is 28.8 Å². The lowest BCUT2D eigenvalue weighted by atomic mass is 10.1. The minimum Gasteiger partial charge on any atom is -0.506 e. The number of hydrogen-bond acceptors (Lipinski definition) is 7. The van der Waals surface area contributed by atoms with Gasteiger partial charge >= 0.3 is 0 Å². The highest BCUT2D eigenvalue weighted by atomic mass is 16.5. The summed E-state index contributed by atoms with van der Waals surface area (Å²) in [4.78, 5) is 20.9. The summed E-state index contributed by atoms with van der Waals surface area (Å²) in [5.41, 5.74) is 3.27. The Labute approximate surface area is 193 Å². The summed E-state index contributed by atoms with van der Waals surface area (Å²) in [6.45, 7) is 3.18. The van der Waals surface area contributed by atoms with Crippen LogP contribution in [-0.4, -0.2) is 45.6 Å². The molecule has 8 nitrogen and oxygen atoms in total. The normalized spacial score (nSPS) is 12.5. The minimum atomic E-state index is -0.160. The van der Waals surface area contributed by atoms with Gasteiger partial charge in [0.1, 0.15) is 11.5 Å². The topological polar surface area (TPSA) is 113 Å². The molecule has 2 aromatic heterocycles. The summed E-state index contributed by atoms with van der Waals surface area (Å²) >= 11 is 0. The lowest BCUT2D eigenvalue weighted by Gasteiger charge is -2.15. The third-order valence-corrected chi connectivity index (χ3v) is 5.29. The molecule has 0 amide bonds. The Morgan fingerprint density at radius 2 is 2.00 bits per heavy atom. The van der Waals surface area contributed by atoms with Crippen molar-refractivity contribution in [3.63, 3.8) is 0 Å². The number of allylic oxidation sites excluding steroid dienone is 1. The van der Waals surface area contributed by atoms with Gasteiger partial charge in [-0.25, -0.2) is 4.98 Å². The van der Waals surface area contributed by atoms with Crippen molar-refractivity contribution in [2.24, 2.45) is 0 Å². The van der Waals surface area contributed by atoms with E-state index in [1.54, 1.807) is 30.1 Å². The van der Waals surface area contributed by atoms with Gasteiger partial charge in [0.25, 0.3) is 5.56 Å². The van der Waals surface area contributed by atoms with Crippen molar-refractivity contribution in [1.29, 1.82) is 5.41 Å². The summed E-state index contributed by atoms with van der Waals surface area (Å²) in [5, 5.41) is 22.0. The zero-order valence-electron chi connectivity index (χ0n) is 19.1. The molecule has 0 aliphatic heterocycles. The predicted molar refractivity (Wildman–Crippen MR) is 129 cm³/mol. The largest absolute Gasteiger partial charge is 0.506 e. The van der Waals surface area contributed by atoms with Crippen molar-refractivity contribution in [1.82, 2.24) is 19.9 Å². The Morgan fingerprint density at radius 3 is 2.67 bits per heavy atom. The Bertz CT molecular complexity index is 1180. The second-order valence-electron chi connectivity index (χ2n) is 7.63. The van der Waals surface area contributed by atoms with E-state index >= 15 is 0 Å². The first kappa shape index (κ1) is 24.0. The number of hydrogen-bond donors (Lipinski definition) is 3. The lowest BCUT2D eigenvalue weighted by molar-refractivity contribution is 0.0838. The van der Waals surface area contributed by atoms with Crippen LogP contribution in [0, 0.1) is 5.41 Å². The fourth-order valence-corrected chi connectivity index (χ4v) is 3.34. The molecular formula is C25H29N5O3. The summed E-state index contributed by atoms with van der Waals surface area (Å²) in [6.07, 6.45) is 6.79. The van der Waals surface area contributed by atoms with Crippen LogP contribution in [0.25, 0.3) is 17.0 Å². The first-order chi connectivity index (χ1) is 15.9. The number of aliphatic hydroxyl groups is 1. The first-order valence-corrected chi connectivity index (χ1v) is 10.7. The fraction of sp³-hybridized carbons (Fsp3) is 0.280. The van der Waals surface area contributed by atoms with Crippen molar-refractivity contribution < 1.29 is 9.84 Å². The van der Waals surface area contributed by atoms with Crippen LogP contribution in [0.15, 0.2) is 65.9 Å². The number of ether oxygens (including phenoxy) is 1. The van der Waals surface area contributed by atoms with E-state index in [1.165, 1.54) is 18.3 Å². The zero-order valence-corrected chi connectivity index (χ0v) is 19.1. The molecule has 2 heterocycles. The maximum absolute atomic E-state index is 12.3. The van der Waals surface area contributed by atoms with E-state index in [0.717, 1.165) is 18.5 Å². The second kappa shape index (κ2) is 11.3. The maximum atomic E-state index is 12.3. The van der Waals surface area contributed by atoms with Gasteiger partial charge in [0.05, 0.1) is 36.4 Å².